The van der Waals surface area contributed by atoms with E-state index in [4.69, 9.17) is 10.2 Å². The average molecular weight is 332 g/mol. The zero-order valence-corrected chi connectivity index (χ0v) is 12.2. The number of carboxylic acid groups (broad SMARTS) is 2. The van der Waals surface area contributed by atoms with Crippen LogP contribution in [0.3, 0.4) is 0 Å². The van der Waals surface area contributed by atoms with E-state index in [1.54, 1.807) is 0 Å². The Bertz CT molecular complexity index is 790. The van der Waals surface area contributed by atoms with Crippen LogP contribution in [-0.2, 0) is 4.79 Å². The molecule has 0 spiro atoms. The lowest BCUT2D eigenvalue weighted by atomic mass is 10.1. The molecule has 4 N–H and O–H groups in total. The van der Waals surface area contributed by atoms with Gasteiger partial charge in [-0.3, -0.25) is 9.59 Å². The molecule has 124 valence electrons. The fraction of sp³-hybridized carbons (Fsp3) is 0.0625. The predicted molar refractivity (Wildman–Crippen MR) is 83.1 cm³/mol. The first kappa shape index (κ1) is 16.9. The number of carboxylic acids is 2. The van der Waals surface area contributed by atoms with Crippen molar-refractivity contribution in [3.63, 3.8) is 0 Å². The normalized spacial score (nSPS) is 10.0. The standard InChI is InChI=1S/C16H13FN2O5/c17-11-5-10(16(23)24)6-13(7-11)19-12-3-1-9(2-4-12)15(22)18-8-14(20)21/h1-7,19H,8H2,(H,18,22)(H,20,21)(H,23,24). The molecule has 0 bridgehead atoms. The summed E-state index contributed by atoms with van der Waals surface area (Å²) < 4.78 is 13.4. The summed E-state index contributed by atoms with van der Waals surface area (Å²) >= 11 is 0. The van der Waals surface area contributed by atoms with Gasteiger partial charge in [0.2, 0.25) is 0 Å². The molecule has 0 atom stereocenters. The van der Waals surface area contributed by atoms with E-state index in [0.717, 1.165) is 12.1 Å². The minimum Gasteiger partial charge on any atom is -0.480 e. The summed E-state index contributed by atoms with van der Waals surface area (Å²) in [7, 11) is 0. The maximum Gasteiger partial charge on any atom is 0.335 e. The molecule has 24 heavy (non-hydrogen) atoms. The second kappa shape index (κ2) is 7.23. The monoisotopic (exact) mass is 332 g/mol. The molecule has 0 fully saturated rings. The van der Waals surface area contributed by atoms with Gasteiger partial charge >= 0.3 is 11.9 Å². The molecule has 8 heteroatoms. The highest BCUT2D eigenvalue weighted by molar-refractivity contribution is 5.96. The third-order valence-electron chi connectivity index (χ3n) is 2.98. The molecule has 1 amide bonds. The van der Waals surface area contributed by atoms with Crippen molar-refractivity contribution in [1.29, 1.82) is 0 Å². The van der Waals surface area contributed by atoms with Crippen molar-refractivity contribution in [2.45, 2.75) is 0 Å². The molecular formula is C16H13FN2O5. The highest BCUT2D eigenvalue weighted by Gasteiger charge is 2.09. The summed E-state index contributed by atoms with van der Waals surface area (Å²) in [4.78, 5) is 33.0. The molecule has 2 rings (SSSR count). The first-order chi connectivity index (χ1) is 11.3. The lowest BCUT2D eigenvalue weighted by molar-refractivity contribution is -0.135. The van der Waals surface area contributed by atoms with Gasteiger partial charge in [0.15, 0.2) is 0 Å². The van der Waals surface area contributed by atoms with E-state index in [1.807, 2.05) is 0 Å². The quantitative estimate of drug-likeness (QED) is 0.644. The van der Waals surface area contributed by atoms with E-state index in [0.29, 0.717) is 5.69 Å². The average Bonchev–Trinajstić information content (AvgIpc) is 2.52. The summed E-state index contributed by atoms with van der Waals surface area (Å²) in [5, 5.41) is 22.5. The maximum absolute atomic E-state index is 13.4. The lowest BCUT2D eigenvalue weighted by Gasteiger charge is -2.09. The number of hydrogen-bond acceptors (Lipinski definition) is 4. The molecule has 0 aliphatic carbocycles. The van der Waals surface area contributed by atoms with Gasteiger partial charge in [-0.05, 0) is 42.5 Å². The summed E-state index contributed by atoms with van der Waals surface area (Å²) in [6.45, 7) is -0.486. The third kappa shape index (κ3) is 4.54. The molecule has 2 aromatic rings. The number of benzene rings is 2. The summed E-state index contributed by atoms with van der Waals surface area (Å²) in [6.07, 6.45) is 0. The first-order valence-corrected chi connectivity index (χ1v) is 6.76. The SMILES string of the molecule is O=C(O)CNC(=O)c1ccc(Nc2cc(F)cc(C(=O)O)c2)cc1. The number of aliphatic carboxylic acids is 1. The molecular weight excluding hydrogens is 319 g/mol. The van der Waals surface area contributed by atoms with Gasteiger partial charge in [-0.2, -0.15) is 0 Å². The molecule has 0 aliphatic rings. The summed E-state index contributed by atoms with van der Waals surface area (Å²) in [5.74, 6) is -3.63. The smallest absolute Gasteiger partial charge is 0.335 e. The number of rotatable bonds is 6. The van der Waals surface area contributed by atoms with Crippen molar-refractivity contribution in [3.05, 3.63) is 59.4 Å². The fourth-order valence-corrected chi connectivity index (χ4v) is 1.91. The zero-order valence-electron chi connectivity index (χ0n) is 12.2. The van der Waals surface area contributed by atoms with Crippen molar-refractivity contribution in [3.8, 4) is 0 Å². The van der Waals surface area contributed by atoms with Crippen molar-refractivity contribution >= 4 is 29.2 Å². The van der Waals surface area contributed by atoms with Crippen LogP contribution in [0.15, 0.2) is 42.5 Å². The molecule has 0 aromatic heterocycles. The highest BCUT2D eigenvalue weighted by atomic mass is 19.1. The van der Waals surface area contributed by atoms with Crippen LogP contribution >= 0.6 is 0 Å². The van der Waals surface area contributed by atoms with Crippen LogP contribution in [0.4, 0.5) is 15.8 Å². The van der Waals surface area contributed by atoms with Crippen LogP contribution in [-0.4, -0.2) is 34.6 Å². The maximum atomic E-state index is 13.4. The third-order valence-corrected chi connectivity index (χ3v) is 2.98. The molecule has 2 aromatic carbocycles. The van der Waals surface area contributed by atoms with Gasteiger partial charge < -0.3 is 20.8 Å². The van der Waals surface area contributed by atoms with Gasteiger partial charge in [-0.15, -0.1) is 0 Å². The van der Waals surface area contributed by atoms with E-state index in [1.165, 1.54) is 30.3 Å². The molecule has 0 heterocycles. The van der Waals surface area contributed by atoms with Crippen LogP contribution in [0.1, 0.15) is 20.7 Å². The Labute approximate surface area is 135 Å². The minimum absolute atomic E-state index is 0.192. The van der Waals surface area contributed by atoms with Crippen molar-refractivity contribution in [1.82, 2.24) is 5.32 Å². The Morgan fingerprint density at radius 3 is 2.17 bits per heavy atom. The summed E-state index contributed by atoms with van der Waals surface area (Å²) in [6, 6.07) is 9.29. The zero-order chi connectivity index (χ0) is 17.7. The lowest BCUT2D eigenvalue weighted by Crippen LogP contribution is -2.29. The van der Waals surface area contributed by atoms with Crippen molar-refractivity contribution in [2.75, 3.05) is 11.9 Å². The number of amides is 1. The van der Waals surface area contributed by atoms with Gasteiger partial charge in [-0.1, -0.05) is 0 Å². The number of halogens is 1. The fourth-order valence-electron chi connectivity index (χ4n) is 1.91. The number of aromatic carboxylic acids is 1. The molecule has 0 aliphatic heterocycles. The predicted octanol–water partition coefficient (Wildman–Crippen LogP) is 2.08. The topological polar surface area (TPSA) is 116 Å². The van der Waals surface area contributed by atoms with E-state index in [-0.39, 0.29) is 16.8 Å². The second-order valence-electron chi connectivity index (χ2n) is 4.81. The number of carbonyl (C=O) groups is 3. The Morgan fingerprint density at radius 1 is 0.917 bits per heavy atom. The Hall–Kier alpha value is -3.42. The number of hydrogen-bond donors (Lipinski definition) is 4. The van der Waals surface area contributed by atoms with Crippen LogP contribution < -0.4 is 10.6 Å². The molecule has 0 saturated heterocycles. The van der Waals surface area contributed by atoms with Crippen LogP contribution in [0.2, 0.25) is 0 Å². The van der Waals surface area contributed by atoms with E-state index >= 15 is 0 Å². The van der Waals surface area contributed by atoms with Gasteiger partial charge in [0.25, 0.3) is 5.91 Å². The van der Waals surface area contributed by atoms with Crippen molar-refractivity contribution < 1.29 is 29.0 Å². The Balaban J connectivity index is 2.10. The Morgan fingerprint density at radius 2 is 1.58 bits per heavy atom. The second-order valence-corrected chi connectivity index (χ2v) is 4.81. The van der Waals surface area contributed by atoms with Gasteiger partial charge in [0.05, 0.1) is 5.56 Å². The van der Waals surface area contributed by atoms with Crippen LogP contribution in [0.5, 0.6) is 0 Å². The summed E-state index contributed by atoms with van der Waals surface area (Å²) in [5.41, 5.74) is 0.816. The molecule has 0 saturated carbocycles. The van der Waals surface area contributed by atoms with E-state index in [9.17, 15) is 18.8 Å². The number of carbonyl (C=O) groups excluding carboxylic acids is 1. The van der Waals surface area contributed by atoms with Gasteiger partial charge in [0, 0.05) is 16.9 Å². The molecule has 7 nitrogen and oxygen atoms in total. The van der Waals surface area contributed by atoms with Gasteiger partial charge in [-0.25, -0.2) is 9.18 Å². The Kier molecular flexibility index (Phi) is 5.10. The largest absolute Gasteiger partial charge is 0.480 e. The van der Waals surface area contributed by atoms with Crippen molar-refractivity contribution in [2.24, 2.45) is 0 Å². The first-order valence-electron chi connectivity index (χ1n) is 6.76. The van der Waals surface area contributed by atoms with E-state index < -0.39 is 30.2 Å². The minimum atomic E-state index is -1.25. The van der Waals surface area contributed by atoms with E-state index in [2.05, 4.69) is 10.6 Å². The van der Waals surface area contributed by atoms with Crippen LogP contribution in [0, 0.1) is 5.82 Å². The molecule has 0 radical (unpaired) electrons. The number of nitrogens with one attached hydrogen (secondary N) is 2. The molecule has 0 unspecified atom stereocenters. The highest BCUT2D eigenvalue weighted by Crippen LogP contribution is 2.20. The van der Waals surface area contributed by atoms with Gasteiger partial charge in [0.1, 0.15) is 12.4 Å². The number of anilines is 2. The van der Waals surface area contributed by atoms with Crippen LogP contribution in [0.25, 0.3) is 0 Å².